The van der Waals surface area contributed by atoms with Crippen LogP contribution in [0.4, 0.5) is 0 Å². The van der Waals surface area contributed by atoms with Crippen LogP contribution in [0, 0.1) is 13.8 Å². The minimum Gasteiger partial charge on any atom is -0.484 e. The van der Waals surface area contributed by atoms with E-state index in [0.717, 1.165) is 0 Å². The molecule has 0 aliphatic carbocycles. The molecule has 0 saturated heterocycles. The lowest BCUT2D eigenvalue weighted by Gasteiger charge is -2.15. The van der Waals surface area contributed by atoms with Gasteiger partial charge >= 0.3 is 11.9 Å². The molecule has 0 bridgehead atoms. The van der Waals surface area contributed by atoms with Crippen LogP contribution in [0.1, 0.15) is 24.0 Å². The number of amides is 1. The fourth-order valence-corrected chi connectivity index (χ4v) is 2.85. The fraction of sp³-hybridized carbons (Fsp3) is 0.400. The van der Waals surface area contributed by atoms with Gasteiger partial charge in [0.25, 0.3) is 5.91 Å². The molecule has 2 atom stereocenters. The van der Waals surface area contributed by atoms with E-state index in [1.807, 2.05) is 0 Å². The van der Waals surface area contributed by atoms with E-state index in [9.17, 15) is 23.1 Å². The SMILES string of the molecule is Cc1cc(OCC(=O)NC(CCC(=O)O)C(=O)O)cc(C)c1S(=O)O. The van der Waals surface area contributed by atoms with Gasteiger partial charge in [0.15, 0.2) is 17.7 Å². The molecule has 0 heterocycles. The van der Waals surface area contributed by atoms with E-state index < -0.39 is 48.0 Å². The number of aryl methyl sites for hydroxylation is 2. The number of carboxylic acids is 2. The smallest absolute Gasteiger partial charge is 0.326 e. The molecule has 1 aromatic rings. The standard InChI is InChI=1S/C15H19NO8S/c1-8-5-10(6-9(2)14(8)25(22)23)24-7-12(17)16-11(15(20)21)3-4-13(18)19/h5-6,11H,3-4,7H2,1-2H3,(H,16,17)(H,18,19)(H,20,21)(H,22,23). The largest absolute Gasteiger partial charge is 0.484 e. The third-order valence-corrected chi connectivity index (χ3v) is 4.25. The lowest BCUT2D eigenvalue weighted by Crippen LogP contribution is -2.43. The molecule has 1 amide bonds. The molecule has 4 N–H and O–H groups in total. The molecule has 0 aliphatic heterocycles. The molecule has 0 radical (unpaired) electrons. The van der Waals surface area contributed by atoms with Crippen molar-refractivity contribution in [3.8, 4) is 5.75 Å². The van der Waals surface area contributed by atoms with Crippen molar-refractivity contribution in [1.82, 2.24) is 5.32 Å². The predicted molar refractivity (Wildman–Crippen MR) is 86.9 cm³/mol. The Bertz CT molecular complexity index is 680. The van der Waals surface area contributed by atoms with Crippen LogP contribution < -0.4 is 10.1 Å². The number of hydrogen-bond donors (Lipinski definition) is 4. The Morgan fingerprint density at radius 2 is 1.76 bits per heavy atom. The quantitative estimate of drug-likeness (QED) is 0.462. The zero-order valence-corrected chi connectivity index (χ0v) is 14.5. The monoisotopic (exact) mass is 373 g/mol. The summed E-state index contributed by atoms with van der Waals surface area (Å²) in [6.45, 7) is 2.77. The van der Waals surface area contributed by atoms with E-state index >= 15 is 0 Å². The zero-order valence-electron chi connectivity index (χ0n) is 13.6. The summed E-state index contributed by atoms with van der Waals surface area (Å²) >= 11 is -2.14. The highest BCUT2D eigenvalue weighted by molar-refractivity contribution is 7.79. The van der Waals surface area contributed by atoms with Crippen molar-refractivity contribution >= 4 is 28.9 Å². The van der Waals surface area contributed by atoms with Gasteiger partial charge < -0.3 is 24.8 Å². The number of aliphatic carboxylic acids is 2. The molecule has 138 valence electrons. The Morgan fingerprint density at radius 1 is 1.20 bits per heavy atom. The van der Waals surface area contributed by atoms with Gasteiger partial charge in [0.05, 0.1) is 4.90 Å². The first-order chi connectivity index (χ1) is 11.6. The van der Waals surface area contributed by atoms with E-state index in [0.29, 0.717) is 11.1 Å². The molecule has 9 nitrogen and oxygen atoms in total. The van der Waals surface area contributed by atoms with E-state index in [-0.39, 0.29) is 17.1 Å². The van der Waals surface area contributed by atoms with Gasteiger partial charge in [0, 0.05) is 6.42 Å². The maximum Gasteiger partial charge on any atom is 0.326 e. The Labute approximate surface area is 146 Å². The maximum absolute atomic E-state index is 11.8. The highest BCUT2D eigenvalue weighted by Crippen LogP contribution is 2.24. The van der Waals surface area contributed by atoms with Gasteiger partial charge in [0.1, 0.15) is 11.8 Å². The van der Waals surface area contributed by atoms with Gasteiger partial charge in [-0.1, -0.05) is 0 Å². The van der Waals surface area contributed by atoms with E-state index in [4.69, 9.17) is 14.9 Å². The molecule has 25 heavy (non-hydrogen) atoms. The van der Waals surface area contributed by atoms with Crippen molar-refractivity contribution in [3.05, 3.63) is 23.3 Å². The fourth-order valence-electron chi connectivity index (χ4n) is 2.18. The zero-order chi connectivity index (χ0) is 19.1. The molecule has 1 aromatic carbocycles. The average molecular weight is 373 g/mol. The summed E-state index contributed by atoms with van der Waals surface area (Å²) in [5.74, 6) is -2.93. The minimum absolute atomic E-state index is 0.244. The van der Waals surface area contributed by atoms with Crippen LogP contribution >= 0.6 is 0 Å². The second kappa shape index (κ2) is 9.14. The number of carbonyl (C=O) groups is 3. The first kappa shape index (κ1) is 20.6. The Hall–Kier alpha value is -2.46. The molecule has 0 saturated carbocycles. The Morgan fingerprint density at radius 3 is 2.20 bits per heavy atom. The number of hydrogen-bond acceptors (Lipinski definition) is 5. The minimum atomic E-state index is -2.14. The van der Waals surface area contributed by atoms with Crippen LogP contribution in [0.2, 0.25) is 0 Å². The third kappa shape index (κ3) is 6.51. The summed E-state index contributed by atoms with van der Waals surface area (Å²) in [7, 11) is 0. The van der Waals surface area contributed by atoms with E-state index in [1.54, 1.807) is 13.8 Å². The van der Waals surface area contributed by atoms with Crippen LogP contribution in [0.15, 0.2) is 17.0 Å². The molecular weight excluding hydrogens is 354 g/mol. The van der Waals surface area contributed by atoms with Crippen molar-refractivity contribution in [1.29, 1.82) is 0 Å². The summed E-state index contributed by atoms with van der Waals surface area (Å²) in [6.07, 6.45) is -0.637. The summed E-state index contributed by atoms with van der Waals surface area (Å²) in [6, 6.07) is 1.65. The van der Waals surface area contributed by atoms with Gasteiger partial charge in [0.2, 0.25) is 0 Å². The lowest BCUT2D eigenvalue weighted by molar-refractivity contribution is -0.143. The van der Waals surface area contributed by atoms with Crippen molar-refractivity contribution in [2.45, 2.75) is 37.6 Å². The molecule has 0 spiro atoms. The van der Waals surface area contributed by atoms with Crippen LogP contribution in [-0.4, -0.2) is 49.5 Å². The van der Waals surface area contributed by atoms with Crippen LogP contribution in [0.3, 0.4) is 0 Å². The van der Waals surface area contributed by atoms with E-state index in [1.165, 1.54) is 12.1 Å². The second-order valence-corrected chi connectivity index (χ2v) is 6.22. The summed E-state index contributed by atoms with van der Waals surface area (Å²) < 4.78 is 25.7. The summed E-state index contributed by atoms with van der Waals surface area (Å²) in [4.78, 5) is 33.5. The van der Waals surface area contributed by atoms with Gasteiger partial charge in [-0.3, -0.25) is 9.59 Å². The molecule has 10 heteroatoms. The number of nitrogens with one attached hydrogen (secondary N) is 1. The Kier molecular flexibility index (Phi) is 7.52. The van der Waals surface area contributed by atoms with Gasteiger partial charge in [-0.25, -0.2) is 9.00 Å². The highest BCUT2D eigenvalue weighted by atomic mass is 32.2. The number of carboxylic acid groups (broad SMARTS) is 2. The van der Waals surface area contributed by atoms with Crippen molar-refractivity contribution in [2.24, 2.45) is 0 Å². The van der Waals surface area contributed by atoms with Gasteiger partial charge in [-0.2, -0.15) is 0 Å². The normalized spacial score (nSPS) is 12.9. The number of rotatable bonds is 9. The number of carbonyl (C=O) groups excluding carboxylic acids is 1. The van der Waals surface area contributed by atoms with Crippen LogP contribution in [-0.2, 0) is 25.5 Å². The number of ether oxygens (including phenoxy) is 1. The molecule has 0 aromatic heterocycles. The van der Waals surface area contributed by atoms with Crippen molar-refractivity contribution < 1.29 is 38.1 Å². The first-order valence-corrected chi connectivity index (χ1v) is 8.31. The third-order valence-electron chi connectivity index (χ3n) is 3.26. The number of benzene rings is 1. The molecule has 0 fully saturated rings. The van der Waals surface area contributed by atoms with Gasteiger partial charge in [-0.15, -0.1) is 0 Å². The molecular formula is C15H19NO8S. The average Bonchev–Trinajstić information content (AvgIpc) is 2.47. The van der Waals surface area contributed by atoms with Gasteiger partial charge in [-0.05, 0) is 43.5 Å². The Balaban J connectivity index is 2.68. The maximum atomic E-state index is 11.8. The summed E-state index contributed by atoms with van der Waals surface area (Å²) in [5.41, 5.74) is 1.03. The lowest BCUT2D eigenvalue weighted by atomic mass is 10.1. The van der Waals surface area contributed by atoms with Crippen molar-refractivity contribution in [2.75, 3.05) is 6.61 Å². The highest BCUT2D eigenvalue weighted by Gasteiger charge is 2.21. The topological polar surface area (TPSA) is 150 Å². The van der Waals surface area contributed by atoms with Crippen molar-refractivity contribution in [3.63, 3.8) is 0 Å². The molecule has 0 aliphatic rings. The predicted octanol–water partition coefficient (Wildman–Crippen LogP) is 0.697. The van der Waals surface area contributed by atoms with Crippen LogP contribution in [0.25, 0.3) is 0 Å². The summed E-state index contributed by atoms with van der Waals surface area (Å²) in [5, 5.41) is 19.7. The molecule has 2 unspecified atom stereocenters. The van der Waals surface area contributed by atoms with Crippen LogP contribution in [0.5, 0.6) is 5.75 Å². The second-order valence-electron chi connectivity index (χ2n) is 5.31. The first-order valence-electron chi connectivity index (χ1n) is 7.20. The van der Waals surface area contributed by atoms with E-state index in [2.05, 4.69) is 5.32 Å². The molecule has 1 rings (SSSR count).